The largest absolute Gasteiger partial charge is 0.526 e. The Morgan fingerprint density at radius 3 is 2.09 bits per heavy atom. The Morgan fingerprint density at radius 2 is 1.61 bits per heavy atom. The van der Waals surface area contributed by atoms with Gasteiger partial charge in [0, 0.05) is 5.92 Å². The Balaban J connectivity index is 2.31. The van der Waals surface area contributed by atoms with E-state index in [9.17, 15) is 0 Å². The van der Waals surface area contributed by atoms with Crippen molar-refractivity contribution in [1.29, 1.82) is 0 Å². The van der Waals surface area contributed by atoms with Crippen molar-refractivity contribution in [2.45, 2.75) is 33.1 Å². The number of benzene rings is 1. The molecule has 0 saturated carbocycles. The van der Waals surface area contributed by atoms with E-state index >= 15 is 0 Å². The van der Waals surface area contributed by atoms with Crippen LogP contribution in [-0.4, -0.2) is 6.61 Å². The van der Waals surface area contributed by atoms with Crippen LogP contribution >= 0.6 is 0 Å². The van der Waals surface area contributed by atoms with Gasteiger partial charge in [-0.2, -0.15) is 9.69 Å². The monoisotopic (exact) mass is 304 g/mol. The first-order valence-electron chi connectivity index (χ1n) is 7.69. The SMILES string of the molecule is [C-]#[N+]C([N+]#[C-])=C1C=C(C)C(c2ccc(OCCC)cc2)C(C)=C1. The zero-order valence-corrected chi connectivity index (χ0v) is 13.8. The smallest absolute Gasteiger partial charge is 0.494 e. The van der Waals surface area contributed by atoms with Crippen LogP contribution in [0.2, 0.25) is 0 Å². The molecule has 0 bridgehead atoms. The van der Waals surface area contributed by atoms with Crippen molar-refractivity contribution in [3.8, 4) is 5.75 Å². The maximum Gasteiger partial charge on any atom is 0.526 e. The van der Waals surface area contributed by atoms with Gasteiger partial charge in [0.25, 0.3) is 0 Å². The maximum atomic E-state index is 7.10. The molecule has 2 rings (SSSR count). The minimum atomic E-state index is 0.130. The molecule has 0 heterocycles. The van der Waals surface area contributed by atoms with Gasteiger partial charge in [0.1, 0.15) is 18.9 Å². The second-order valence-electron chi connectivity index (χ2n) is 5.63. The summed E-state index contributed by atoms with van der Waals surface area (Å²) in [6.45, 7) is 21.1. The highest BCUT2D eigenvalue weighted by Crippen LogP contribution is 2.37. The van der Waals surface area contributed by atoms with Gasteiger partial charge < -0.3 is 4.74 Å². The Bertz CT molecular complexity index is 714. The zero-order valence-electron chi connectivity index (χ0n) is 13.8. The lowest BCUT2D eigenvalue weighted by atomic mass is 9.81. The van der Waals surface area contributed by atoms with Crippen molar-refractivity contribution >= 4 is 0 Å². The molecule has 0 spiro atoms. The summed E-state index contributed by atoms with van der Waals surface area (Å²) in [5.41, 5.74) is 4.20. The number of hydrogen-bond acceptors (Lipinski definition) is 1. The maximum absolute atomic E-state index is 7.10. The molecule has 3 heteroatoms. The highest BCUT2D eigenvalue weighted by molar-refractivity contribution is 5.53. The Labute approximate surface area is 138 Å². The van der Waals surface area contributed by atoms with E-state index in [1.54, 1.807) is 0 Å². The van der Waals surface area contributed by atoms with Crippen molar-refractivity contribution in [3.63, 3.8) is 0 Å². The van der Waals surface area contributed by atoms with E-state index in [2.05, 4.69) is 28.7 Å². The van der Waals surface area contributed by atoms with Crippen LogP contribution in [0.4, 0.5) is 0 Å². The molecule has 116 valence electrons. The molecular weight excluding hydrogens is 284 g/mol. The Hall–Kier alpha value is -2.78. The summed E-state index contributed by atoms with van der Waals surface area (Å²) in [6, 6.07) is 8.18. The van der Waals surface area contributed by atoms with Crippen LogP contribution < -0.4 is 4.74 Å². The molecule has 1 aromatic carbocycles. The molecule has 23 heavy (non-hydrogen) atoms. The third-order valence-corrected chi connectivity index (χ3v) is 3.83. The van der Waals surface area contributed by atoms with Gasteiger partial charge in [-0.15, -0.1) is 0 Å². The van der Waals surface area contributed by atoms with E-state index in [0.29, 0.717) is 5.57 Å². The average molecular weight is 304 g/mol. The van der Waals surface area contributed by atoms with E-state index in [0.717, 1.165) is 29.9 Å². The number of allylic oxidation sites excluding steroid dienone is 5. The highest BCUT2D eigenvalue weighted by Gasteiger charge is 2.23. The third-order valence-electron chi connectivity index (χ3n) is 3.83. The van der Waals surface area contributed by atoms with Gasteiger partial charge in [0.15, 0.2) is 0 Å². The molecular formula is C20H20N2O. The Morgan fingerprint density at radius 1 is 1.04 bits per heavy atom. The van der Waals surface area contributed by atoms with Gasteiger partial charge in [0.05, 0.1) is 12.2 Å². The van der Waals surface area contributed by atoms with Crippen LogP contribution in [0.25, 0.3) is 9.69 Å². The second-order valence-corrected chi connectivity index (χ2v) is 5.63. The molecule has 0 aliphatic heterocycles. The molecule has 0 unspecified atom stereocenters. The van der Waals surface area contributed by atoms with Gasteiger partial charge in [-0.1, -0.05) is 42.4 Å². The van der Waals surface area contributed by atoms with Crippen LogP contribution in [0.15, 0.2) is 59.0 Å². The van der Waals surface area contributed by atoms with Crippen LogP contribution in [0.1, 0.15) is 38.7 Å². The van der Waals surface area contributed by atoms with Gasteiger partial charge in [-0.3, -0.25) is 0 Å². The van der Waals surface area contributed by atoms with Crippen molar-refractivity contribution in [2.24, 2.45) is 0 Å². The summed E-state index contributed by atoms with van der Waals surface area (Å²) in [7, 11) is 0. The highest BCUT2D eigenvalue weighted by atomic mass is 16.5. The summed E-state index contributed by atoms with van der Waals surface area (Å²) >= 11 is 0. The number of rotatable bonds is 4. The Kier molecular flexibility index (Phi) is 5.39. The van der Waals surface area contributed by atoms with Crippen LogP contribution in [0.3, 0.4) is 0 Å². The standard InChI is InChI=1S/C20H20N2O/c1-6-11-23-18-9-7-16(8-10-18)19-14(2)12-17(13-15(19)3)20(21-4)22-5/h7-10,12-13,19H,6,11H2,1-3H3. The molecule has 1 aliphatic carbocycles. The van der Waals surface area contributed by atoms with E-state index < -0.39 is 0 Å². The van der Waals surface area contributed by atoms with Crippen LogP contribution in [0.5, 0.6) is 5.75 Å². The topological polar surface area (TPSA) is 18.0 Å². The number of hydrogen-bond donors (Lipinski definition) is 0. The van der Waals surface area contributed by atoms with Crippen molar-refractivity contribution in [1.82, 2.24) is 0 Å². The van der Waals surface area contributed by atoms with E-state index in [4.69, 9.17) is 17.9 Å². The van der Waals surface area contributed by atoms with Gasteiger partial charge >= 0.3 is 5.82 Å². The molecule has 0 N–H and O–H groups in total. The summed E-state index contributed by atoms with van der Waals surface area (Å²) in [5.74, 6) is 1.21. The minimum Gasteiger partial charge on any atom is -0.494 e. The van der Waals surface area contributed by atoms with E-state index in [-0.39, 0.29) is 11.7 Å². The lowest BCUT2D eigenvalue weighted by molar-refractivity contribution is 0.317. The molecule has 0 saturated heterocycles. The van der Waals surface area contributed by atoms with Gasteiger partial charge in [-0.25, -0.2) is 0 Å². The number of ether oxygens (including phenoxy) is 1. The fourth-order valence-electron chi connectivity index (χ4n) is 2.84. The van der Waals surface area contributed by atoms with Crippen molar-refractivity contribution in [3.05, 3.63) is 87.4 Å². The van der Waals surface area contributed by atoms with Gasteiger partial charge in [-0.05, 0) is 38.0 Å². The van der Waals surface area contributed by atoms with Gasteiger partial charge in [0.2, 0.25) is 0 Å². The number of nitrogens with zero attached hydrogens (tertiary/aromatic N) is 2. The third kappa shape index (κ3) is 3.71. The summed E-state index contributed by atoms with van der Waals surface area (Å²) in [6.07, 6.45) is 4.89. The summed E-state index contributed by atoms with van der Waals surface area (Å²) in [4.78, 5) is 6.61. The molecule has 0 fully saturated rings. The first kappa shape index (κ1) is 16.6. The predicted octanol–water partition coefficient (Wildman–Crippen LogP) is 5.52. The molecule has 0 radical (unpaired) electrons. The van der Waals surface area contributed by atoms with Crippen LogP contribution in [-0.2, 0) is 0 Å². The second kappa shape index (κ2) is 7.47. The lowest BCUT2D eigenvalue weighted by Gasteiger charge is -2.23. The van der Waals surface area contributed by atoms with Crippen LogP contribution in [0, 0.1) is 13.1 Å². The normalized spacial score (nSPS) is 16.7. The fourth-order valence-corrected chi connectivity index (χ4v) is 2.84. The van der Waals surface area contributed by atoms with E-state index in [1.165, 1.54) is 5.56 Å². The van der Waals surface area contributed by atoms with Crippen molar-refractivity contribution in [2.75, 3.05) is 6.61 Å². The zero-order chi connectivity index (χ0) is 16.8. The minimum absolute atomic E-state index is 0.130. The first-order chi connectivity index (χ1) is 11.1. The van der Waals surface area contributed by atoms with E-state index in [1.807, 2.05) is 38.1 Å². The molecule has 3 nitrogen and oxygen atoms in total. The molecule has 1 aromatic rings. The average Bonchev–Trinajstić information content (AvgIpc) is 2.54. The summed E-state index contributed by atoms with van der Waals surface area (Å²) in [5, 5.41) is 0. The predicted molar refractivity (Wildman–Crippen MR) is 92.7 cm³/mol. The lowest BCUT2D eigenvalue weighted by Crippen LogP contribution is -2.07. The van der Waals surface area contributed by atoms with Crippen molar-refractivity contribution < 1.29 is 4.74 Å². The molecule has 0 atom stereocenters. The quantitative estimate of drug-likeness (QED) is 0.670. The molecule has 0 aromatic heterocycles. The first-order valence-corrected chi connectivity index (χ1v) is 7.69. The fraction of sp³-hybridized carbons (Fsp3) is 0.300. The molecule has 0 amide bonds. The molecule has 1 aliphatic rings. The summed E-state index contributed by atoms with van der Waals surface area (Å²) < 4.78 is 5.63.